The van der Waals surface area contributed by atoms with E-state index >= 15 is 0 Å². The molecule has 0 aliphatic heterocycles. The molecule has 134 valence electrons. The Morgan fingerprint density at radius 2 is 2.16 bits per heavy atom. The zero-order valence-corrected chi connectivity index (χ0v) is 16.1. The first-order chi connectivity index (χ1) is 11.8. The quantitative estimate of drug-likeness (QED) is 0.565. The highest BCUT2D eigenvalue weighted by Crippen LogP contribution is 2.28. The zero-order valence-electron chi connectivity index (χ0n) is 14.6. The molecule has 0 saturated heterocycles. The Morgan fingerprint density at radius 3 is 2.80 bits per heavy atom. The number of hydrogen-bond donors (Lipinski definition) is 1. The van der Waals surface area contributed by atoms with Crippen molar-refractivity contribution in [1.82, 2.24) is 5.43 Å². The van der Waals surface area contributed by atoms with E-state index in [4.69, 9.17) is 27.9 Å². The van der Waals surface area contributed by atoms with Crippen LogP contribution in [0.2, 0.25) is 10.0 Å². The fourth-order valence-corrected chi connectivity index (χ4v) is 2.91. The highest BCUT2D eigenvalue weighted by atomic mass is 35.5. The summed E-state index contributed by atoms with van der Waals surface area (Å²) in [6.07, 6.45) is 3.12. The molecular formula is C19H22Cl2N2O2. The number of benzene rings is 1. The maximum absolute atomic E-state index is 12.2. The first-order valence-corrected chi connectivity index (χ1v) is 8.84. The number of hydrazone groups is 1. The minimum Gasteiger partial charge on any atom is -0.479 e. The van der Waals surface area contributed by atoms with Gasteiger partial charge in [0.05, 0.1) is 10.7 Å². The molecule has 6 heteroatoms. The number of ether oxygens (including phenoxy) is 1. The summed E-state index contributed by atoms with van der Waals surface area (Å²) >= 11 is 11.9. The minimum atomic E-state index is -0.743. The maximum atomic E-state index is 12.2. The van der Waals surface area contributed by atoms with Gasteiger partial charge in [0.15, 0.2) is 6.10 Å². The molecule has 0 aromatic heterocycles. The van der Waals surface area contributed by atoms with E-state index in [2.05, 4.69) is 23.2 Å². The standard InChI is InChI=1S/C19H22Cl2N2O2/c1-11(2)14-6-5-12(3)17(9-14)22-23-19(24)13(4)25-18-8-7-15(20)10-16(18)21/h5,7-8,10,13-14H,1,6,9H2,2-4H3,(H,23,24). The molecule has 1 amide bonds. The van der Waals surface area contributed by atoms with Crippen LogP contribution in [0.4, 0.5) is 0 Å². The van der Waals surface area contributed by atoms with Crippen molar-refractivity contribution in [2.24, 2.45) is 11.0 Å². The number of carbonyl (C=O) groups is 1. The van der Waals surface area contributed by atoms with E-state index in [1.54, 1.807) is 25.1 Å². The van der Waals surface area contributed by atoms with E-state index in [0.29, 0.717) is 21.7 Å². The minimum absolute atomic E-state index is 0.344. The third-order valence-electron chi connectivity index (χ3n) is 4.17. The average Bonchev–Trinajstić information content (AvgIpc) is 2.56. The second kappa shape index (κ2) is 8.54. The number of amides is 1. The highest BCUT2D eigenvalue weighted by molar-refractivity contribution is 6.35. The number of halogens is 2. The van der Waals surface area contributed by atoms with Gasteiger partial charge >= 0.3 is 0 Å². The van der Waals surface area contributed by atoms with Crippen molar-refractivity contribution < 1.29 is 9.53 Å². The molecule has 0 radical (unpaired) electrons. The summed E-state index contributed by atoms with van der Waals surface area (Å²) in [6, 6.07) is 4.85. The van der Waals surface area contributed by atoms with Gasteiger partial charge in [0, 0.05) is 5.02 Å². The summed E-state index contributed by atoms with van der Waals surface area (Å²) in [5, 5.41) is 5.13. The molecule has 0 heterocycles. The van der Waals surface area contributed by atoms with Crippen LogP contribution >= 0.6 is 23.2 Å². The predicted molar refractivity (Wildman–Crippen MR) is 103 cm³/mol. The first-order valence-electron chi connectivity index (χ1n) is 8.08. The Hall–Kier alpha value is -1.78. The van der Waals surface area contributed by atoms with Crippen LogP contribution in [-0.2, 0) is 4.79 Å². The Balaban J connectivity index is 1.99. The molecule has 1 N–H and O–H groups in total. The molecule has 2 atom stereocenters. The Bertz CT molecular complexity index is 741. The van der Waals surface area contributed by atoms with Crippen molar-refractivity contribution in [2.45, 2.75) is 39.7 Å². The SMILES string of the molecule is C=C(C)C1CC=C(C)C(=NNC(=O)C(C)Oc2ccc(Cl)cc2Cl)C1. The van der Waals surface area contributed by atoms with Gasteiger partial charge in [-0.1, -0.05) is 41.4 Å². The van der Waals surface area contributed by atoms with Gasteiger partial charge in [-0.2, -0.15) is 5.10 Å². The first kappa shape index (κ1) is 19.5. The van der Waals surface area contributed by atoms with Crippen molar-refractivity contribution in [3.63, 3.8) is 0 Å². The third kappa shape index (κ3) is 5.35. The summed E-state index contributed by atoms with van der Waals surface area (Å²) in [7, 11) is 0. The summed E-state index contributed by atoms with van der Waals surface area (Å²) in [5.74, 6) is 0.419. The Kier molecular flexibility index (Phi) is 6.68. The van der Waals surface area contributed by atoms with Gasteiger partial charge in [-0.3, -0.25) is 4.79 Å². The molecule has 0 saturated carbocycles. The molecule has 2 unspecified atom stereocenters. The molecule has 0 spiro atoms. The van der Waals surface area contributed by atoms with Gasteiger partial charge in [-0.15, -0.1) is 0 Å². The lowest BCUT2D eigenvalue weighted by Crippen LogP contribution is -2.34. The second-order valence-electron chi connectivity index (χ2n) is 6.24. The third-order valence-corrected chi connectivity index (χ3v) is 4.70. The largest absolute Gasteiger partial charge is 0.479 e. The van der Waals surface area contributed by atoms with Gasteiger partial charge < -0.3 is 4.74 Å². The van der Waals surface area contributed by atoms with Crippen molar-refractivity contribution >= 4 is 34.8 Å². The number of hydrogen-bond acceptors (Lipinski definition) is 3. The van der Waals surface area contributed by atoms with Gasteiger partial charge in [-0.25, -0.2) is 5.43 Å². The van der Waals surface area contributed by atoms with Crippen molar-refractivity contribution in [1.29, 1.82) is 0 Å². The lowest BCUT2D eigenvalue weighted by atomic mass is 9.85. The Morgan fingerprint density at radius 1 is 1.44 bits per heavy atom. The number of allylic oxidation sites excluding steroid dienone is 3. The van der Waals surface area contributed by atoms with Crippen molar-refractivity contribution in [3.05, 3.63) is 52.0 Å². The summed E-state index contributed by atoms with van der Waals surface area (Å²) in [4.78, 5) is 12.2. The zero-order chi connectivity index (χ0) is 18.6. The average molecular weight is 381 g/mol. The molecule has 0 bridgehead atoms. The number of nitrogens with one attached hydrogen (secondary N) is 1. The summed E-state index contributed by atoms with van der Waals surface area (Å²) < 4.78 is 5.59. The smallest absolute Gasteiger partial charge is 0.280 e. The maximum Gasteiger partial charge on any atom is 0.280 e. The second-order valence-corrected chi connectivity index (χ2v) is 7.08. The monoisotopic (exact) mass is 380 g/mol. The van der Waals surface area contributed by atoms with Gasteiger partial charge in [0.2, 0.25) is 0 Å². The van der Waals surface area contributed by atoms with Crippen LogP contribution in [0.3, 0.4) is 0 Å². The van der Waals surface area contributed by atoms with E-state index in [-0.39, 0.29) is 5.91 Å². The topological polar surface area (TPSA) is 50.7 Å². The number of nitrogens with zero attached hydrogens (tertiary/aromatic N) is 1. The molecular weight excluding hydrogens is 359 g/mol. The normalized spacial score (nSPS) is 20.0. The van der Waals surface area contributed by atoms with E-state index in [1.165, 1.54) is 0 Å². The number of carbonyl (C=O) groups excluding carboxylic acids is 1. The summed E-state index contributed by atoms with van der Waals surface area (Å²) in [6.45, 7) is 9.66. The molecule has 1 aromatic rings. The van der Waals surface area contributed by atoms with Gasteiger partial charge in [-0.05, 0) is 63.3 Å². The van der Waals surface area contributed by atoms with Gasteiger partial charge in [0.25, 0.3) is 5.91 Å². The predicted octanol–water partition coefficient (Wildman–Crippen LogP) is 5.17. The molecule has 0 fully saturated rings. The van der Waals surface area contributed by atoms with E-state index in [1.807, 2.05) is 13.8 Å². The fourth-order valence-electron chi connectivity index (χ4n) is 2.45. The van der Waals surface area contributed by atoms with Crippen LogP contribution in [0, 0.1) is 5.92 Å². The Labute approximate surface area is 158 Å². The molecule has 1 aromatic carbocycles. The summed E-state index contributed by atoms with van der Waals surface area (Å²) in [5.41, 5.74) is 5.64. The van der Waals surface area contributed by atoms with E-state index in [9.17, 15) is 4.79 Å². The van der Waals surface area contributed by atoms with E-state index < -0.39 is 6.10 Å². The lowest BCUT2D eigenvalue weighted by Gasteiger charge is -2.22. The van der Waals surface area contributed by atoms with Crippen LogP contribution in [0.25, 0.3) is 0 Å². The molecule has 2 rings (SSSR count). The van der Waals surface area contributed by atoms with Crippen LogP contribution < -0.4 is 10.2 Å². The van der Waals surface area contributed by atoms with Crippen LogP contribution in [0.5, 0.6) is 5.75 Å². The molecule has 1 aliphatic rings. The molecule has 25 heavy (non-hydrogen) atoms. The van der Waals surface area contributed by atoms with Gasteiger partial charge in [0.1, 0.15) is 5.75 Å². The molecule has 1 aliphatic carbocycles. The highest BCUT2D eigenvalue weighted by Gasteiger charge is 2.20. The number of rotatable bonds is 5. The van der Waals surface area contributed by atoms with Crippen LogP contribution in [0.15, 0.2) is 47.1 Å². The fraction of sp³-hybridized carbons (Fsp3) is 0.368. The van der Waals surface area contributed by atoms with Crippen molar-refractivity contribution in [3.8, 4) is 5.75 Å². The van der Waals surface area contributed by atoms with Crippen LogP contribution in [-0.4, -0.2) is 17.7 Å². The van der Waals surface area contributed by atoms with Crippen molar-refractivity contribution in [2.75, 3.05) is 0 Å². The van der Waals surface area contributed by atoms with Crippen LogP contribution in [0.1, 0.15) is 33.6 Å². The molecule has 4 nitrogen and oxygen atoms in total. The van der Waals surface area contributed by atoms with E-state index in [0.717, 1.165) is 29.7 Å². The lowest BCUT2D eigenvalue weighted by molar-refractivity contribution is -0.127.